The van der Waals surface area contributed by atoms with E-state index in [-0.39, 0.29) is 0 Å². The van der Waals surface area contributed by atoms with Crippen molar-refractivity contribution in [2.75, 3.05) is 19.5 Å². The van der Waals surface area contributed by atoms with Gasteiger partial charge in [0.25, 0.3) is 0 Å². The Morgan fingerprint density at radius 2 is 2.31 bits per heavy atom. The first-order chi connectivity index (χ1) is 7.79. The standard InChI is InChI=1S/C13H19NO2/c1-15-11-5-6-13(14)10(8-11)9-12-4-2-3-7-16-12/h5-6,8,12H,2-4,7,9,14H2,1H3. The highest BCUT2D eigenvalue weighted by atomic mass is 16.5. The average molecular weight is 221 g/mol. The van der Waals surface area contributed by atoms with Crippen molar-refractivity contribution in [3.8, 4) is 5.75 Å². The lowest BCUT2D eigenvalue weighted by molar-refractivity contribution is 0.0169. The number of nitrogen functional groups attached to an aromatic ring is 1. The van der Waals surface area contributed by atoms with Crippen LogP contribution in [-0.2, 0) is 11.2 Å². The van der Waals surface area contributed by atoms with Crippen molar-refractivity contribution in [3.63, 3.8) is 0 Å². The number of ether oxygens (including phenoxy) is 2. The fourth-order valence-corrected chi connectivity index (χ4v) is 2.10. The normalized spacial score (nSPS) is 20.7. The SMILES string of the molecule is COc1ccc(N)c(CC2CCCCO2)c1. The largest absolute Gasteiger partial charge is 0.497 e. The molecule has 0 amide bonds. The minimum atomic E-state index is 0.322. The maximum Gasteiger partial charge on any atom is 0.119 e. The molecule has 16 heavy (non-hydrogen) atoms. The number of anilines is 1. The van der Waals surface area contributed by atoms with Gasteiger partial charge in [-0.2, -0.15) is 0 Å². The van der Waals surface area contributed by atoms with Crippen LogP contribution in [0.2, 0.25) is 0 Å². The Labute approximate surface area is 96.5 Å². The summed E-state index contributed by atoms with van der Waals surface area (Å²) in [5.74, 6) is 0.861. The number of rotatable bonds is 3. The highest BCUT2D eigenvalue weighted by molar-refractivity contribution is 5.50. The van der Waals surface area contributed by atoms with Crippen molar-refractivity contribution >= 4 is 5.69 Å². The molecule has 1 saturated heterocycles. The molecule has 1 aromatic rings. The summed E-state index contributed by atoms with van der Waals surface area (Å²) in [5, 5.41) is 0. The topological polar surface area (TPSA) is 44.5 Å². The number of nitrogens with two attached hydrogens (primary N) is 1. The van der Waals surface area contributed by atoms with Gasteiger partial charge in [0, 0.05) is 18.7 Å². The summed E-state index contributed by atoms with van der Waals surface area (Å²) < 4.78 is 10.9. The molecule has 88 valence electrons. The summed E-state index contributed by atoms with van der Waals surface area (Å²) in [5.41, 5.74) is 7.91. The van der Waals surface area contributed by atoms with Gasteiger partial charge in [0.05, 0.1) is 13.2 Å². The highest BCUT2D eigenvalue weighted by Gasteiger charge is 2.15. The summed E-state index contributed by atoms with van der Waals surface area (Å²) in [7, 11) is 1.67. The quantitative estimate of drug-likeness (QED) is 0.797. The molecule has 1 aliphatic rings. The molecule has 1 unspecified atom stereocenters. The molecular formula is C13H19NO2. The third-order valence-electron chi connectivity index (χ3n) is 3.07. The van der Waals surface area contributed by atoms with Crippen molar-refractivity contribution in [2.24, 2.45) is 0 Å². The third-order valence-corrected chi connectivity index (χ3v) is 3.07. The van der Waals surface area contributed by atoms with Crippen molar-refractivity contribution in [3.05, 3.63) is 23.8 Å². The van der Waals surface area contributed by atoms with Gasteiger partial charge in [0.15, 0.2) is 0 Å². The van der Waals surface area contributed by atoms with Crippen LogP contribution in [-0.4, -0.2) is 19.8 Å². The Balaban J connectivity index is 2.06. The lowest BCUT2D eigenvalue weighted by Gasteiger charge is -2.23. The molecule has 1 fully saturated rings. The number of benzene rings is 1. The molecule has 0 radical (unpaired) electrons. The van der Waals surface area contributed by atoms with Crippen LogP contribution in [0.3, 0.4) is 0 Å². The van der Waals surface area contributed by atoms with Gasteiger partial charge in [-0.05, 0) is 43.0 Å². The molecule has 1 aromatic carbocycles. The first-order valence-corrected chi connectivity index (χ1v) is 5.83. The Morgan fingerprint density at radius 3 is 3.00 bits per heavy atom. The Morgan fingerprint density at radius 1 is 1.44 bits per heavy atom. The van der Waals surface area contributed by atoms with E-state index in [0.29, 0.717) is 6.10 Å². The van der Waals surface area contributed by atoms with E-state index in [1.165, 1.54) is 12.8 Å². The minimum Gasteiger partial charge on any atom is -0.497 e. The summed E-state index contributed by atoms with van der Waals surface area (Å²) in [4.78, 5) is 0. The molecular weight excluding hydrogens is 202 g/mol. The second-order valence-corrected chi connectivity index (χ2v) is 4.26. The minimum absolute atomic E-state index is 0.322. The molecule has 2 N–H and O–H groups in total. The molecule has 0 spiro atoms. The Hall–Kier alpha value is -1.22. The van der Waals surface area contributed by atoms with Crippen molar-refractivity contribution in [1.82, 2.24) is 0 Å². The van der Waals surface area contributed by atoms with Crippen LogP contribution in [0.15, 0.2) is 18.2 Å². The van der Waals surface area contributed by atoms with Gasteiger partial charge < -0.3 is 15.2 Å². The molecule has 1 heterocycles. The predicted molar refractivity (Wildman–Crippen MR) is 64.7 cm³/mol. The number of hydrogen-bond donors (Lipinski definition) is 1. The zero-order valence-electron chi connectivity index (χ0n) is 9.74. The molecule has 2 rings (SSSR count). The van der Waals surface area contributed by atoms with Gasteiger partial charge in [-0.25, -0.2) is 0 Å². The van der Waals surface area contributed by atoms with Crippen LogP contribution >= 0.6 is 0 Å². The second-order valence-electron chi connectivity index (χ2n) is 4.26. The molecule has 3 heteroatoms. The maximum atomic E-state index is 5.95. The van der Waals surface area contributed by atoms with Crippen molar-refractivity contribution in [1.29, 1.82) is 0 Å². The maximum absolute atomic E-state index is 5.95. The fraction of sp³-hybridized carbons (Fsp3) is 0.538. The molecule has 1 aliphatic heterocycles. The lowest BCUT2D eigenvalue weighted by atomic mass is 10.00. The van der Waals surface area contributed by atoms with E-state index in [0.717, 1.165) is 36.4 Å². The lowest BCUT2D eigenvalue weighted by Crippen LogP contribution is -2.21. The van der Waals surface area contributed by atoms with Gasteiger partial charge in [0.2, 0.25) is 0 Å². The monoisotopic (exact) mass is 221 g/mol. The second kappa shape index (κ2) is 5.21. The van der Waals surface area contributed by atoms with Gasteiger partial charge in [-0.15, -0.1) is 0 Å². The highest BCUT2D eigenvalue weighted by Crippen LogP contribution is 2.24. The summed E-state index contributed by atoms with van der Waals surface area (Å²) in [6.45, 7) is 0.883. The van der Waals surface area contributed by atoms with Crippen molar-refractivity contribution < 1.29 is 9.47 Å². The molecule has 0 aromatic heterocycles. The van der Waals surface area contributed by atoms with E-state index in [2.05, 4.69) is 0 Å². The van der Waals surface area contributed by atoms with Crippen LogP contribution in [0.5, 0.6) is 5.75 Å². The van der Waals surface area contributed by atoms with E-state index in [1.54, 1.807) is 7.11 Å². The van der Waals surface area contributed by atoms with Crippen LogP contribution < -0.4 is 10.5 Å². The van der Waals surface area contributed by atoms with E-state index >= 15 is 0 Å². The van der Waals surface area contributed by atoms with Crippen LogP contribution in [0.4, 0.5) is 5.69 Å². The fourth-order valence-electron chi connectivity index (χ4n) is 2.10. The van der Waals surface area contributed by atoms with Crippen molar-refractivity contribution in [2.45, 2.75) is 31.8 Å². The van der Waals surface area contributed by atoms with Crippen LogP contribution in [0, 0.1) is 0 Å². The summed E-state index contributed by atoms with van der Waals surface area (Å²) in [6.07, 6.45) is 4.79. The molecule has 0 saturated carbocycles. The molecule has 0 bridgehead atoms. The first-order valence-electron chi connectivity index (χ1n) is 5.83. The van der Waals surface area contributed by atoms with Gasteiger partial charge in [0.1, 0.15) is 5.75 Å². The number of hydrogen-bond acceptors (Lipinski definition) is 3. The Kier molecular flexibility index (Phi) is 3.67. The summed E-state index contributed by atoms with van der Waals surface area (Å²) >= 11 is 0. The van der Waals surface area contributed by atoms with E-state index < -0.39 is 0 Å². The predicted octanol–water partition coefficient (Wildman–Crippen LogP) is 2.39. The zero-order chi connectivity index (χ0) is 11.4. The Bertz CT molecular complexity index is 346. The molecule has 1 atom stereocenters. The van der Waals surface area contributed by atoms with Crippen LogP contribution in [0.1, 0.15) is 24.8 Å². The first kappa shape index (κ1) is 11.3. The van der Waals surface area contributed by atoms with Gasteiger partial charge in [-0.3, -0.25) is 0 Å². The number of methoxy groups -OCH3 is 1. The van der Waals surface area contributed by atoms with E-state index in [9.17, 15) is 0 Å². The smallest absolute Gasteiger partial charge is 0.119 e. The third kappa shape index (κ3) is 2.67. The molecule has 0 aliphatic carbocycles. The average Bonchev–Trinajstić information content (AvgIpc) is 2.33. The van der Waals surface area contributed by atoms with E-state index in [1.807, 2.05) is 18.2 Å². The van der Waals surface area contributed by atoms with Crippen LogP contribution in [0.25, 0.3) is 0 Å². The molecule has 3 nitrogen and oxygen atoms in total. The van der Waals surface area contributed by atoms with E-state index in [4.69, 9.17) is 15.2 Å². The summed E-state index contributed by atoms with van der Waals surface area (Å²) in [6, 6.07) is 5.80. The zero-order valence-corrected chi connectivity index (χ0v) is 9.74. The van der Waals surface area contributed by atoms with Gasteiger partial charge in [-0.1, -0.05) is 0 Å². The van der Waals surface area contributed by atoms with Gasteiger partial charge >= 0.3 is 0 Å².